The monoisotopic (exact) mass is 263 g/mol. The van der Waals surface area contributed by atoms with E-state index in [4.69, 9.17) is 0 Å². The third-order valence-electron chi connectivity index (χ3n) is 3.91. The van der Waals surface area contributed by atoms with Crippen LogP contribution in [0.25, 0.3) is 0 Å². The van der Waals surface area contributed by atoms with E-state index in [0.29, 0.717) is 18.5 Å². The standard InChI is InChI=1S/C13H21N5O/c19-13(8-14-12-3-4-12)17-6-1-2-11(9-17)10-18-7-5-15-16-18/h5,7,11-12,14H,1-4,6,8-10H2/t11-/m0/s1. The molecule has 0 spiro atoms. The van der Waals surface area contributed by atoms with Crippen LogP contribution in [0.1, 0.15) is 25.7 Å². The van der Waals surface area contributed by atoms with E-state index in [1.165, 1.54) is 19.3 Å². The van der Waals surface area contributed by atoms with E-state index in [1.807, 2.05) is 15.8 Å². The molecule has 2 fully saturated rings. The smallest absolute Gasteiger partial charge is 0.236 e. The topological polar surface area (TPSA) is 63.1 Å². The number of carbonyl (C=O) groups excluding carboxylic acids is 1. The molecule has 6 heteroatoms. The molecule has 104 valence electrons. The lowest BCUT2D eigenvalue weighted by Gasteiger charge is -2.32. The number of aromatic nitrogens is 3. The van der Waals surface area contributed by atoms with Gasteiger partial charge >= 0.3 is 0 Å². The average molecular weight is 263 g/mol. The van der Waals surface area contributed by atoms with Gasteiger partial charge < -0.3 is 10.2 Å². The molecule has 1 aromatic rings. The Balaban J connectivity index is 1.47. The Morgan fingerprint density at radius 1 is 1.37 bits per heavy atom. The molecule has 2 heterocycles. The van der Waals surface area contributed by atoms with Crippen molar-refractivity contribution in [3.8, 4) is 0 Å². The maximum atomic E-state index is 12.1. The van der Waals surface area contributed by atoms with Crippen LogP contribution in [-0.2, 0) is 11.3 Å². The summed E-state index contributed by atoms with van der Waals surface area (Å²) in [6.45, 7) is 3.12. The minimum atomic E-state index is 0.246. The highest BCUT2D eigenvalue weighted by Crippen LogP contribution is 2.20. The second-order valence-electron chi connectivity index (χ2n) is 5.63. The normalized spacial score (nSPS) is 23.6. The van der Waals surface area contributed by atoms with Crippen molar-refractivity contribution in [2.24, 2.45) is 5.92 Å². The van der Waals surface area contributed by atoms with Crippen molar-refractivity contribution < 1.29 is 4.79 Å². The third-order valence-corrected chi connectivity index (χ3v) is 3.91. The summed E-state index contributed by atoms with van der Waals surface area (Å²) in [6.07, 6.45) is 8.29. The number of nitrogens with zero attached hydrogens (tertiary/aromatic N) is 4. The van der Waals surface area contributed by atoms with Crippen LogP contribution >= 0.6 is 0 Å². The van der Waals surface area contributed by atoms with Gasteiger partial charge in [-0.05, 0) is 31.6 Å². The first kappa shape index (κ1) is 12.6. The minimum absolute atomic E-state index is 0.246. The summed E-state index contributed by atoms with van der Waals surface area (Å²) in [7, 11) is 0. The SMILES string of the molecule is O=C(CNC1CC1)N1CCC[C@H](Cn2ccnn2)C1. The maximum absolute atomic E-state index is 12.1. The summed E-state index contributed by atoms with van der Waals surface area (Å²) in [5.41, 5.74) is 0. The summed E-state index contributed by atoms with van der Waals surface area (Å²) in [5, 5.41) is 11.1. The molecule has 1 aliphatic heterocycles. The molecular formula is C13H21N5O. The highest BCUT2D eigenvalue weighted by Gasteiger charge is 2.26. The van der Waals surface area contributed by atoms with Crippen molar-refractivity contribution in [2.45, 2.75) is 38.3 Å². The summed E-state index contributed by atoms with van der Waals surface area (Å²) in [4.78, 5) is 14.1. The zero-order chi connectivity index (χ0) is 13.1. The van der Waals surface area contributed by atoms with Gasteiger partial charge in [-0.3, -0.25) is 9.48 Å². The lowest BCUT2D eigenvalue weighted by Crippen LogP contribution is -2.45. The molecule has 0 bridgehead atoms. The zero-order valence-electron chi connectivity index (χ0n) is 11.2. The van der Waals surface area contributed by atoms with E-state index in [1.54, 1.807) is 6.20 Å². The Labute approximate surface area is 113 Å². The lowest BCUT2D eigenvalue weighted by atomic mass is 9.98. The molecule has 6 nitrogen and oxygen atoms in total. The maximum Gasteiger partial charge on any atom is 0.236 e. The van der Waals surface area contributed by atoms with Gasteiger partial charge in [0.05, 0.1) is 12.7 Å². The summed E-state index contributed by atoms with van der Waals surface area (Å²) in [5.74, 6) is 0.746. The first-order valence-corrected chi connectivity index (χ1v) is 7.16. The Bertz CT molecular complexity index is 415. The van der Waals surface area contributed by atoms with Crippen molar-refractivity contribution in [2.75, 3.05) is 19.6 Å². The van der Waals surface area contributed by atoms with Crippen LogP contribution in [0.5, 0.6) is 0 Å². The van der Waals surface area contributed by atoms with Crippen LogP contribution in [-0.4, -0.2) is 51.5 Å². The first-order valence-electron chi connectivity index (χ1n) is 7.16. The van der Waals surface area contributed by atoms with Gasteiger partial charge in [-0.2, -0.15) is 0 Å². The fourth-order valence-corrected chi connectivity index (χ4v) is 2.67. The van der Waals surface area contributed by atoms with Crippen LogP contribution in [0.4, 0.5) is 0 Å². The van der Waals surface area contributed by atoms with Gasteiger partial charge in [0.1, 0.15) is 0 Å². The highest BCUT2D eigenvalue weighted by atomic mass is 16.2. The number of nitrogens with one attached hydrogen (secondary N) is 1. The average Bonchev–Trinajstić information content (AvgIpc) is 3.13. The van der Waals surface area contributed by atoms with Gasteiger partial charge in [0.25, 0.3) is 0 Å². The molecule has 1 N–H and O–H groups in total. The summed E-state index contributed by atoms with van der Waals surface area (Å²) in [6, 6.07) is 0.597. The zero-order valence-corrected chi connectivity index (χ0v) is 11.2. The molecule has 1 aromatic heterocycles. The van der Waals surface area contributed by atoms with Gasteiger partial charge in [-0.1, -0.05) is 5.21 Å². The Morgan fingerprint density at radius 3 is 3.00 bits per heavy atom. The second-order valence-corrected chi connectivity index (χ2v) is 5.63. The Hall–Kier alpha value is -1.43. The van der Waals surface area contributed by atoms with Crippen LogP contribution in [0, 0.1) is 5.92 Å². The van der Waals surface area contributed by atoms with E-state index in [-0.39, 0.29) is 5.91 Å². The van der Waals surface area contributed by atoms with Crippen molar-refractivity contribution >= 4 is 5.91 Å². The lowest BCUT2D eigenvalue weighted by molar-refractivity contribution is -0.132. The molecule has 1 saturated heterocycles. The Kier molecular flexibility index (Phi) is 3.77. The molecule has 19 heavy (non-hydrogen) atoms. The van der Waals surface area contributed by atoms with Crippen LogP contribution in [0.2, 0.25) is 0 Å². The second kappa shape index (κ2) is 5.69. The molecule has 1 aliphatic carbocycles. The first-order chi connectivity index (χ1) is 9.31. The van der Waals surface area contributed by atoms with E-state index in [0.717, 1.165) is 26.1 Å². The Morgan fingerprint density at radius 2 is 2.26 bits per heavy atom. The van der Waals surface area contributed by atoms with Crippen molar-refractivity contribution in [1.82, 2.24) is 25.2 Å². The van der Waals surface area contributed by atoms with Crippen molar-refractivity contribution in [3.05, 3.63) is 12.4 Å². The van der Waals surface area contributed by atoms with Gasteiger partial charge in [0.2, 0.25) is 5.91 Å². The number of piperidine rings is 1. The predicted octanol–water partition coefficient (Wildman–Crippen LogP) is 0.269. The largest absolute Gasteiger partial charge is 0.341 e. The number of carbonyl (C=O) groups is 1. The molecule has 3 rings (SSSR count). The van der Waals surface area contributed by atoms with Gasteiger partial charge in [-0.25, -0.2) is 0 Å². The van der Waals surface area contributed by atoms with E-state index >= 15 is 0 Å². The fourth-order valence-electron chi connectivity index (χ4n) is 2.67. The summed E-state index contributed by atoms with van der Waals surface area (Å²) < 4.78 is 1.86. The summed E-state index contributed by atoms with van der Waals surface area (Å²) >= 11 is 0. The van der Waals surface area contributed by atoms with E-state index in [9.17, 15) is 4.79 Å². The third kappa shape index (κ3) is 3.53. The fraction of sp³-hybridized carbons (Fsp3) is 0.769. The molecule has 0 radical (unpaired) electrons. The van der Waals surface area contributed by atoms with Crippen LogP contribution in [0.3, 0.4) is 0 Å². The molecular weight excluding hydrogens is 242 g/mol. The molecule has 1 saturated carbocycles. The highest BCUT2D eigenvalue weighted by molar-refractivity contribution is 5.78. The number of rotatable bonds is 5. The number of amides is 1. The molecule has 0 unspecified atom stereocenters. The number of likely N-dealkylation sites (tertiary alicyclic amines) is 1. The van der Waals surface area contributed by atoms with Crippen LogP contribution in [0.15, 0.2) is 12.4 Å². The molecule has 2 aliphatic rings. The molecule has 1 amide bonds. The van der Waals surface area contributed by atoms with E-state index in [2.05, 4.69) is 15.6 Å². The van der Waals surface area contributed by atoms with Gasteiger partial charge in [0.15, 0.2) is 0 Å². The minimum Gasteiger partial charge on any atom is -0.341 e. The molecule has 0 aromatic carbocycles. The number of hydrogen-bond donors (Lipinski definition) is 1. The van der Waals surface area contributed by atoms with E-state index < -0.39 is 0 Å². The van der Waals surface area contributed by atoms with Crippen LogP contribution < -0.4 is 5.32 Å². The quantitative estimate of drug-likeness (QED) is 0.828. The van der Waals surface area contributed by atoms with Crippen molar-refractivity contribution in [3.63, 3.8) is 0 Å². The predicted molar refractivity (Wildman–Crippen MR) is 70.4 cm³/mol. The molecule has 1 atom stereocenters. The number of hydrogen-bond acceptors (Lipinski definition) is 4. The van der Waals surface area contributed by atoms with Gasteiger partial charge in [-0.15, -0.1) is 5.10 Å². The van der Waals surface area contributed by atoms with Gasteiger partial charge in [0, 0.05) is 31.9 Å². The van der Waals surface area contributed by atoms with Crippen molar-refractivity contribution in [1.29, 1.82) is 0 Å².